The Labute approximate surface area is 354 Å². The van der Waals surface area contributed by atoms with Gasteiger partial charge in [0, 0.05) is 49.9 Å². The van der Waals surface area contributed by atoms with Crippen LogP contribution in [0.15, 0.2) is 231 Å². The molecule has 2 aromatic heterocycles. The molecule has 1 N–H and O–H groups in total. The van der Waals surface area contributed by atoms with Gasteiger partial charge in [0.25, 0.3) is 0 Å². The zero-order valence-electron chi connectivity index (χ0n) is 33.3. The molecule has 0 fully saturated rings. The third kappa shape index (κ3) is 5.90. The maximum atomic E-state index is 3.78. The molecule has 2 heterocycles. The zero-order valence-corrected chi connectivity index (χ0v) is 33.3. The summed E-state index contributed by atoms with van der Waals surface area (Å²) in [5, 5.41) is 11.2. The summed E-state index contributed by atoms with van der Waals surface area (Å²) < 4.78 is 4.86. The number of anilines is 2. The lowest BCUT2D eigenvalue weighted by Crippen LogP contribution is -1.95. The lowest BCUT2D eigenvalue weighted by atomic mass is 9.96. The van der Waals surface area contributed by atoms with E-state index in [1.165, 1.54) is 76.6 Å². The Morgan fingerprint density at radius 2 is 0.820 bits per heavy atom. The molecule has 0 aliphatic rings. The van der Waals surface area contributed by atoms with Crippen LogP contribution in [0, 0.1) is 0 Å². The van der Waals surface area contributed by atoms with Crippen LogP contribution >= 0.6 is 0 Å². The fraction of sp³-hybridized carbons (Fsp3) is 0. The maximum Gasteiger partial charge on any atom is 0.0548 e. The van der Waals surface area contributed by atoms with Crippen molar-refractivity contribution in [2.45, 2.75) is 0 Å². The largest absolute Gasteiger partial charge is 0.355 e. The quantitative estimate of drug-likeness (QED) is 0.171. The van der Waals surface area contributed by atoms with Crippen LogP contribution in [-0.4, -0.2) is 9.13 Å². The molecule has 0 saturated carbocycles. The van der Waals surface area contributed by atoms with E-state index in [-0.39, 0.29) is 0 Å². The van der Waals surface area contributed by atoms with Crippen LogP contribution in [0.5, 0.6) is 0 Å². The first-order chi connectivity index (χ1) is 30.2. The standard InChI is InChI=1S/C58H39N3/c1-4-14-39(15-5-1)41-25-30-48(31-26-41)61-54-33-28-45(38-51(54)58-56(61)35-34-55-57(58)49-22-12-13-23-53(49)60(55)47-20-8-3-9-21-47)44-27-32-52(50(37-44)42-17-6-2-7-18-42)59-46-29-24-40-16-10-11-19-43(40)36-46/h1-38,59H. The van der Waals surface area contributed by atoms with Crippen LogP contribution in [0.3, 0.4) is 0 Å². The van der Waals surface area contributed by atoms with Crippen LogP contribution in [0.4, 0.5) is 11.4 Å². The average Bonchev–Trinajstić information content (AvgIpc) is 3.85. The van der Waals surface area contributed by atoms with Crippen molar-refractivity contribution >= 4 is 65.8 Å². The van der Waals surface area contributed by atoms with E-state index in [9.17, 15) is 0 Å². The van der Waals surface area contributed by atoms with E-state index < -0.39 is 0 Å². The van der Waals surface area contributed by atoms with Gasteiger partial charge in [0.05, 0.1) is 22.1 Å². The van der Waals surface area contributed by atoms with Crippen LogP contribution in [0.25, 0.3) is 99.1 Å². The molecule has 0 aliphatic carbocycles. The normalized spacial score (nSPS) is 11.6. The van der Waals surface area contributed by atoms with Gasteiger partial charge in [0.1, 0.15) is 0 Å². The van der Waals surface area contributed by atoms with Gasteiger partial charge in [0.15, 0.2) is 0 Å². The van der Waals surface area contributed by atoms with Gasteiger partial charge in [-0.2, -0.15) is 0 Å². The number of fused-ring (bicyclic) bond motifs is 8. The third-order valence-corrected chi connectivity index (χ3v) is 12.3. The fourth-order valence-electron chi connectivity index (χ4n) is 9.43. The molecule has 0 bridgehead atoms. The van der Waals surface area contributed by atoms with Crippen molar-refractivity contribution in [1.29, 1.82) is 0 Å². The van der Waals surface area contributed by atoms with Gasteiger partial charge in [-0.15, -0.1) is 0 Å². The molecule has 0 aliphatic heterocycles. The van der Waals surface area contributed by atoms with Gasteiger partial charge in [-0.05, 0) is 117 Å². The monoisotopic (exact) mass is 777 g/mol. The number of benzene rings is 10. The molecule has 0 atom stereocenters. The zero-order chi connectivity index (χ0) is 40.3. The number of rotatable bonds is 7. The fourth-order valence-corrected chi connectivity index (χ4v) is 9.43. The minimum atomic E-state index is 1.06. The second-order valence-electron chi connectivity index (χ2n) is 15.8. The van der Waals surface area contributed by atoms with Gasteiger partial charge in [-0.1, -0.05) is 152 Å². The molecule has 10 aromatic carbocycles. The molecule has 286 valence electrons. The molecule has 0 spiro atoms. The molecule has 12 rings (SSSR count). The Balaban J connectivity index is 1.08. The summed E-state index contributed by atoms with van der Waals surface area (Å²) in [6.45, 7) is 0. The van der Waals surface area contributed by atoms with Gasteiger partial charge >= 0.3 is 0 Å². The van der Waals surface area contributed by atoms with Crippen LogP contribution in [-0.2, 0) is 0 Å². The number of nitrogens with one attached hydrogen (secondary N) is 1. The molecule has 0 amide bonds. The first-order valence-corrected chi connectivity index (χ1v) is 20.9. The van der Waals surface area contributed by atoms with Crippen LogP contribution in [0.2, 0.25) is 0 Å². The van der Waals surface area contributed by atoms with Crippen molar-refractivity contribution in [3.63, 3.8) is 0 Å². The summed E-state index contributed by atoms with van der Waals surface area (Å²) in [6, 6.07) is 83.5. The summed E-state index contributed by atoms with van der Waals surface area (Å²) in [5.74, 6) is 0. The molecule has 3 nitrogen and oxygen atoms in total. The average molecular weight is 778 g/mol. The number of nitrogens with zero attached hydrogens (tertiary/aromatic N) is 2. The smallest absolute Gasteiger partial charge is 0.0548 e. The molecule has 61 heavy (non-hydrogen) atoms. The molecular weight excluding hydrogens is 739 g/mol. The van der Waals surface area contributed by atoms with Gasteiger partial charge in [-0.25, -0.2) is 0 Å². The maximum absolute atomic E-state index is 3.78. The van der Waals surface area contributed by atoms with Crippen molar-refractivity contribution in [2.75, 3.05) is 5.32 Å². The summed E-state index contributed by atoms with van der Waals surface area (Å²) in [6.07, 6.45) is 0. The summed E-state index contributed by atoms with van der Waals surface area (Å²) in [5.41, 5.74) is 16.2. The lowest BCUT2D eigenvalue weighted by molar-refractivity contribution is 1.17. The predicted molar refractivity (Wildman–Crippen MR) is 259 cm³/mol. The van der Waals surface area contributed by atoms with E-state index in [4.69, 9.17) is 0 Å². The number of aromatic nitrogens is 2. The van der Waals surface area contributed by atoms with E-state index in [2.05, 4.69) is 245 Å². The third-order valence-electron chi connectivity index (χ3n) is 12.3. The Kier molecular flexibility index (Phi) is 8.17. The second-order valence-corrected chi connectivity index (χ2v) is 15.8. The lowest BCUT2D eigenvalue weighted by Gasteiger charge is -2.15. The van der Waals surface area contributed by atoms with Crippen molar-refractivity contribution in [3.05, 3.63) is 231 Å². The highest BCUT2D eigenvalue weighted by Crippen LogP contribution is 2.44. The van der Waals surface area contributed by atoms with Crippen molar-refractivity contribution in [3.8, 4) is 44.8 Å². The van der Waals surface area contributed by atoms with E-state index in [0.717, 1.165) is 33.9 Å². The number of hydrogen-bond acceptors (Lipinski definition) is 1. The molecule has 0 radical (unpaired) electrons. The van der Waals surface area contributed by atoms with Gasteiger partial charge in [-0.3, -0.25) is 0 Å². The number of hydrogen-bond donors (Lipinski definition) is 1. The Hall–Kier alpha value is -8.14. The predicted octanol–water partition coefficient (Wildman–Crippen LogP) is 15.8. The SMILES string of the molecule is c1ccc(-c2ccc(-n3c4ccc(-c5ccc(Nc6ccc7ccccc7c6)c(-c6ccccc6)c5)cc4c4c5c6ccccc6n(-c6ccccc6)c5ccc43)cc2)cc1. The molecule has 3 heteroatoms. The van der Waals surface area contributed by atoms with Gasteiger partial charge < -0.3 is 14.5 Å². The molecule has 12 aromatic rings. The topological polar surface area (TPSA) is 21.9 Å². The second kappa shape index (κ2) is 14.3. The van der Waals surface area contributed by atoms with Crippen molar-refractivity contribution in [2.24, 2.45) is 0 Å². The Morgan fingerprint density at radius 1 is 0.295 bits per heavy atom. The van der Waals surface area contributed by atoms with Crippen molar-refractivity contribution in [1.82, 2.24) is 9.13 Å². The number of para-hydroxylation sites is 2. The van der Waals surface area contributed by atoms with Gasteiger partial charge in [0.2, 0.25) is 0 Å². The Morgan fingerprint density at radius 3 is 1.57 bits per heavy atom. The van der Waals surface area contributed by atoms with E-state index in [0.29, 0.717) is 0 Å². The minimum absolute atomic E-state index is 1.06. The minimum Gasteiger partial charge on any atom is -0.355 e. The molecule has 0 saturated heterocycles. The first kappa shape index (κ1) is 34.9. The summed E-state index contributed by atoms with van der Waals surface area (Å²) >= 11 is 0. The van der Waals surface area contributed by atoms with Crippen molar-refractivity contribution < 1.29 is 0 Å². The van der Waals surface area contributed by atoms with Crippen LogP contribution < -0.4 is 5.32 Å². The summed E-state index contributed by atoms with van der Waals surface area (Å²) in [7, 11) is 0. The highest BCUT2D eigenvalue weighted by atomic mass is 15.0. The van der Waals surface area contributed by atoms with E-state index >= 15 is 0 Å². The van der Waals surface area contributed by atoms with E-state index in [1.54, 1.807) is 0 Å². The van der Waals surface area contributed by atoms with Crippen LogP contribution in [0.1, 0.15) is 0 Å². The Bertz CT molecular complexity index is 3580. The molecule has 0 unspecified atom stereocenters. The molecular formula is C58H39N3. The highest BCUT2D eigenvalue weighted by Gasteiger charge is 2.21. The first-order valence-electron chi connectivity index (χ1n) is 20.9. The highest BCUT2D eigenvalue weighted by molar-refractivity contribution is 6.29. The summed E-state index contributed by atoms with van der Waals surface area (Å²) in [4.78, 5) is 0. The van der Waals surface area contributed by atoms with E-state index in [1.807, 2.05) is 0 Å².